The van der Waals surface area contributed by atoms with Gasteiger partial charge < -0.3 is 29.4 Å². The Morgan fingerprint density at radius 3 is 2.77 bits per heavy atom. The van der Waals surface area contributed by atoms with Crippen molar-refractivity contribution in [1.82, 2.24) is 15.2 Å². The number of rotatable bonds is 7. The minimum atomic E-state index is -0.118. The second-order valence-electron chi connectivity index (χ2n) is 7.81. The Hall–Kier alpha value is -2.32. The zero-order valence-corrected chi connectivity index (χ0v) is 18.2. The number of unbranched alkanes of at least 4 members (excludes halogenated alkanes) is 1. The summed E-state index contributed by atoms with van der Waals surface area (Å²) in [5.41, 5.74) is 1.28. The van der Waals surface area contributed by atoms with Crippen LogP contribution in [0.2, 0.25) is 0 Å². The molecule has 162 valence electrons. The predicted molar refractivity (Wildman–Crippen MR) is 120 cm³/mol. The summed E-state index contributed by atoms with van der Waals surface area (Å²) >= 11 is 5.65. The lowest BCUT2D eigenvalue weighted by atomic mass is 10.1. The lowest BCUT2D eigenvalue weighted by Gasteiger charge is -2.28. The van der Waals surface area contributed by atoms with Gasteiger partial charge in [0.05, 0.1) is 18.2 Å². The first kappa shape index (κ1) is 20.9. The van der Waals surface area contributed by atoms with E-state index in [1.165, 1.54) is 0 Å². The third-order valence-corrected chi connectivity index (χ3v) is 5.89. The van der Waals surface area contributed by atoms with E-state index in [0.717, 1.165) is 49.7 Å². The van der Waals surface area contributed by atoms with Crippen LogP contribution in [-0.2, 0) is 11.3 Å². The largest absolute Gasteiger partial charge is 0.486 e. The highest BCUT2D eigenvalue weighted by Gasteiger charge is 2.22. The number of nitrogens with one attached hydrogen (secondary N) is 2. The van der Waals surface area contributed by atoms with Crippen LogP contribution in [0.4, 0.5) is 0 Å². The van der Waals surface area contributed by atoms with E-state index in [-0.39, 0.29) is 11.7 Å². The predicted octanol–water partition coefficient (Wildman–Crippen LogP) is 2.95. The standard InChI is InChI=1S/C22H29N3O4S/c1-2-3-6-23-22(30)25(14-17-5-4-7-27-17)13-16-10-15-11-19-20(29-9-8-28-19)12-18(15)24-21(16)26/h10-12,17H,2-9,13-14H2,1H3,(H,23,30)(H,24,26). The highest BCUT2D eigenvalue weighted by atomic mass is 32.1. The van der Waals surface area contributed by atoms with Crippen LogP contribution in [0.5, 0.6) is 11.5 Å². The van der Waals surface area contributed by atoms with Gasteiger partial charge in [0.1, 0.15) is 13.2 Å². The van der Waals surface area contributed by atoms with Crippen molar-refractivity contribution in [2.24, 2.45) is 0 Å². The van der Waals surface area contributed by atoms with Gasteiger partial charge in [-0.1, -0.05) is 13.3 Å². The number of fused-ring (bicyclic) bond motifs is 2. The van der Waals surface area contributed by atoms with Crippen LogP contribution in [0.1, 0.15) is 38.2 Å². The second-order valence-corrected chi connectivity index (χ2v) is 8.19. The van der Waals surface area contributed by atoms with Crippen molar-refractivity contribution in [3.05, 3.63) is 34.1 Å². The van der Waals surface area contributed by atoms with Gasteiger partial charge in [-0.3, -0.25) is 4.79 Å². The summed E-state index contributed by atoms with van der Waals surface area (Å²) in [4.78, 5) is 17.8. The molecule has 2 aliphatic rings. The van der Waals surface area contributed by atoms with Crippen LogP contribution < -0.4 is 20.3 Å². The third kappa shape index (κ3) is 4.87. The number of H-pyrrole nitrogens is 1. The van der Waals surface area contributed by atoms with E-state index in [4.69, 9.17) is 26.4 Å². The van der Waals surface area contributed by atoms with Gasteiger partial charge in [-0.2, -0.15) is 0 Å². The molecule has 4 rings (SSSR count). The van der Waals surface area contributed by atoms with Gasteiger partial charge >= 0.3 is 0 Å². The second kappa shape index (κ2) is 9.66. The summed E-state index contributed by atoms with van der Waals surface area (Å²) < 4.78 is 17.1. The molecule has 0 aliphatic carbocycles. The first-order valence-electron chi connectivity index (χ1n) is 10.7. The minimum absolute atomic E-state index is 0.118. The van der Waals surface area contributed by atoms with E-state index >= 15 is 0 Å². The monoisotopic (exact) mass is 431 g/mol. The Bertz CT molecular complexity index is 955. The van der Waals surface area contributed by atoms with E-state index < -0.39 is 0 Å². The van der Waals surface area contributed by atoms with Crippen LogP contribution in [-0.4, -0.2) is 54.0 Å². The molecule has 0 spiro atoms. The normalized spacial score (nSPS) is 17.8. The van der Waals surface area contributed by atoms with Crippen LogP contribution >= 0.6 is 12.2 Å². The highest BCUT2D eigenvalue weighted by molar-refractivity contribution is 7.80. The van der Waals surface area contributed by atoms with Gasteiger partial charge in [0.25, 0.3) is 5.56 Å². The van der Waals surface area contributed by atoms with E-state index in [2.05, 4.69) is 22.1 Å². The van der Waals surface area contributed by atoms with Crippen molar-refractivity contribution in [3.8, 4) is 11.5 Å². The molecular formula is C22H29N3O4S. The number of ether oxygens (including phenoxy) is 3. The topological polar surface area (TPSA) is 75.8 Å². The van der Waals surface area contributed by atoms with Gasteiger partial charge in [0.2, 0.25) is 0 Å². The zero-order valence-electron chi connectivity index (χ0n) is 17.4. The molecule has 1 unspecified atom stereocenters. The molecule has 1 aromatic heterocycles. The van der Waals surface area contributed by atoms with Crippen molar-refractivity contribution >= 4 is 28.2 Å². The number of hydrogen-bond donors (Lipinski definition) is 2. The molecule has 0 amide bonds. The fourth-order valence-corrected chi connectivity index (χ4v) is 4.09. The Balaban J connectivity index is 1.57. The van der Waals surface area contributed by atoms with Crippen LogP contribution in [0.25, 0.3) is 10.9 Å². The SMILES string of the molecule is CCCCNC(=S)N(Cc1cc2cc3c(cc2[nH]c1=O)OCCO3)CC1CCCO1. The Kier molecular flexibility index (Phi) is 6.74. The van der Waals surface area contributed by atoms with Gasteiger partial charge in [-0.25, -0.2) is 0 Å². The lowest BCUT2D eigenvalue weighted by Crippen LogP contribution is -2.44. The number of benzene rings is 1. The molecule has 30 heavy (non-hydrogen) atoms. The van der Waals surface area contributed by atoms with E-state index in [1.807, 2.05) is 18.2 Å². The molecule has 1 fully saturated rings. The molecule has 2 N–H and O–H groups in total. The number of aromatic nitrogens is 1. The maximum absolute atomic E-state index is 12.8. The number of nitrogens with zero attached hydrogens (tertiary/aromatic N) is 1. The van der Waals surface area contributed by atoms with Crippen LogP contribution in [0, 0.1) is 0 Å². The summed E-state index contributed by atoms with van der Waals surface area (Å²) in [5, 5.41) is 4.91. The summed E-state index contributed by atoms with van der Waals surface area (Å²) in [5.74, 6) is 1.37. The molecule has 0 bridgehead atoms. The van der Waals surface area contributed by atoms with Crippen molar-refractivity contribution in [2.45, 2.75) is 45.3 Å². The van der Waals surface area contributed by atoms with Crippen LogP contribution in [0.15, 0.2) is 23.0 Å². The molecule has 8 heteroatoms. The molecule has 2 aliphatic heterocycles. The average molecular weight is 432 g/mol. The lowest BCUT2D eigenvalue weighted by molar-refractivity contribution is 0.0897. The maximum atomic E-state index is 12.8. The smallest absolute Gasteiger partial charge is 0.253 e. The van der Waals surface area contributed by atoms with Crippen molar-refractivity contribution < 1.29 is 14.2 Å². The number of thiocarbonyl (C=S) groups is 1. The average Bonchev–Trinajstić information content (AvgIpc) is 3.25. The van der Waals surface area contributed by atoms with Gasteiger partial charge in [-0.15, -0.1) is 0 Å². The molecule has 0 saturated carbocycles. The van der Waals surface area contributed by atoms with E-state index in [0.29, 0.717) is 48.5 Å². The summed E-state index contributed by atoms with van der Waals surface area (Å²) in [6.07, 6.45) is 4.39. The zero-order chi connectivity index (χ0) is 20.9. The number of aromatic amines is 1. The molecule has 0 radical (unpaired) electrons. The Morgan fingerprint density at radius 1 is 1.23 bits per heavy atom. The van der Waals surface area contributed by atoms with Gasteiger partial charge in [0.15, 0.2) is 16.6 Å². The fraction of sp³-hybridized carbons (Fsp3) is 0.545. The van der Waals surface area contributed by atoms with Crippen molar-refractivity contribution in [2.75, 3.05) is 32.9 Å². The highest BCUT2D eigenvalue weighted by Crippen LogP contribution is 2.33. The van der Waals surface area contributed by atoms with Crippen molar-refractivity contribution in [1.29, 1.82) is 0 Å². The third-order valence-electron chi connectivity index (χ3n) is 5.49. The first-order valence-corrected chi connectivity index (χ1v) is 11.1. The summed E-state index contributed by atoms with van der Waals surface area (Å²) in [6, 6.07) is 5.67. The molecule has 1 saturated heterocycles. The minimum Gasteiger partial charge on any atom is -0.486 e. The molecular weight excluding hydrogens is 402 g/mol. The Morgan fingerprint density at radius 2 is 2.03 bits per heavy atom. The van der Waals surface area contributed by atoms with Gasteiger partial charge in [-0.05, 0) is 43.6 Å². The molecule has 2 aromatic rings. The summed E-state index contributed by atoms with van der Waals surface area (Å²) in [6.45, 7) is 5.92. The molecule has 7 nitrogen and oxygen atoms in total. The van der Waals surface area contributed by atoms with Gasteiger partial charge in [0, 0.05) is 36.7 Å². The fourth-order valence-electron chi connectivity index (χ4n) is 3.85. The molecule has 3 heterocycles. The molecule has 1 atom stereocenters. The maximum Gasteiger partial charge on any atom is 0.253 e. The van der Waals surface area contributed by atoms with Crippen molar-refractivity contribution in [3.63, 3.8) is 0 Å². The Labute approximate surface area is 181 Å². The summed E-state index contributed by atoms with van der Waals surface area (Å²) in [7, 11) is 0. The quantitative estimate of drug-likeness (QED) is 0.516. The number of hydrogen-bond acceptors (Lipinski definition) is 5. The van der Waals surface area contributed by atoms with Crippen LogP contribution in [0.3, 0.4) is 0 Å². The number of pyridine rings is 1. The van der Waals surface area contributed by atoms with E-state index in [1.54, 1.807) is 0 Å². The van der Waals surface area contributed by atoms with E-state index in [9.17, 15) is 4.79 Å². The molecule has 1 aromatic carbocycles. The first-order chi connectivity index (χ1) is 14.6.